The number of halogens is 1. The van der Waals surface area contributed by atoms with Gasteiger partial charge in [0.2, 0.25) is 0 Å². The van der Waals surface area contributed by atoms with Gasteiger partial charge < -0.3 is 0 Å². The van der Waals surface area contributed by atoms with Crippen molar-refractivity contribution in [2.24, 2.45) is 0 Å². The minimum atomic E-state index is 0.712. The third kappa shape index (κ3) is 3.02. The van der Waals surface area contributed by atoms with E-state index >= 15 is 0 Å². The second kappa shape index (κ2) is 5.66. The summed E-state index contributed by atoms with van der Waals surface area (Å²) in [5, 5.41) is 3.08. The van der Waals surface area contributed by atoms with Gasteiger partial charge in [0.25, 0.3) is 0 Å². The molecule has 1 unspecified atom stereocenters. The summed E-state index contributed by atoms with van der Waals surface area (Å²) in [5.41, 5.74) is 2.48. The molecule has 1 nitrogen and oxygen atoms in total. The number of hydrogen-bond acceptors (Lipinski definition) is 2. The van der Waals surface area contributed by atoms with Crippen molar-refractivity contribution in [3.05, 3.63) is 56.7 Å². The summed E-state index contributed by atoms with van der Waals surface area (Å²) < 4.78 is 0. The van der Waals surface area contributed by atoms with Gasteiger partial charge in [-0.3, -0.25) is 4.90 Å². The zero-order chi connectivity index (χ0) is 13.2. The Morgan fingerprint density at radius 3 is 3.00 bits per heavy atom. The van der Waals surface area contributed by atoms with E-state index < -0.39 is 0 Å². The third-order valence-electron chi connectivity index (χ3n) is 3.82. The molecule has 0 saturated carbocycles. The van der Waals surface area contributed by atoms with Gasteiger partial charge in [0.05, 0.1) is 0 Å². The van der Waals surface area contributed by atoms with Crippen molar-refractivity contribution in [3.8, 4) is 0 Å². The Bertz CT molecular complexity index is 550. The zero-order valence-corrected chi connectivity index (χ0v) is 12.7. The van der Waals surface area contributed by atoms with Crippen LogP contribution in [-0.4, -0.2) is 18.0 Å². The smallest absolute Gasteiger partial charge is 0.0453 e. The number of hydrogen-bond donors (Lipinski definition) is 0. The summed E-state index contributed by atoms with van der Waals surface area (Å²) in [6.07, 6.45) is 1.27. The van der Waals surface area contributed by atoms with Crippen LogP contribution in [0.5, 0.6) is 0 Å². The van der Waals surface area contributed by atoms with Crippen LogP contribution in [0.1, 0.15) is 28.3 Å². The van der Waals surface area contributed by atoms with Crippen molar-refractivity contribution in [3.63, 3.8) is 0 Å². The van der Waals surface area contributed by atoms with E-state index in [0.29, 0.717) is 5.92 Å². The average molecular weight is 292 g/mol. The van der Waals surface area contributed by atoms with Gasteiger partial charge in [0.1, 0.15) is 0 Å². The first-order valence-corrected chi connectivity index (χ1v) is 7.99. The molecule has 0 amide bonds. The second-order valence-corrected chi connectivity index (χ2v) is 6.72. The molecule has 1 atom stereocenters. The fourth-order valence-corrected chi connectivity index (χ4v) is 3.90. The molecule has 1 aliphatic heterocycles. The van der Waals surface area contributed by atoms with E-state index in [2.05, 4.69) is 47.5 Å². The number of likely N-dealkylation sites (tertiary alicyclic amines) is 1. The summed E-state index contributed by atoms with van der Waals surface area (Å²) in [7, 11) is 0. The highest BCUT2D eigenvalue weighted by Gasteiger charge is 2.24. The van der Waals surface area contributed by atoms with Crippen LogP contribution in [0, 0.1) is 6.92 Å². The van der Waals surface area contributed by atoms with Gasteiger partial charge in [0, 0.05) is 28.9 Å². The summed E-state index contributed by atoms with van der Waals surface area (Å²) in [6.45, 7) is 5.39. The first-order valence-electron chi connectivity index (χ1n) is 6.73. The van der Waals surface area contributed by atoms with Crippen molar-refractivity contribution in [2.75, 3.05) is 13.1 Å². The topological polar surface area (TPSA) is 3.24 Å². The second-order valence-electron chi connectivity index (χ2n) is 5.33. The fraction of sp³-hybridized carbons (Fsp3) is 0.375. The first-order chi connectivity index (χ1) is 9.22. The summed E-state index contributed by atoms with van der Waals surface area (Å²) in [5.74, 6) is 0.712. The number of rotatable bonds is 3. The Morgan fingerprint density at radius 2 is 2.26 bits per heavy atom. The minimum Gasteiger partial charge on any atom is -0.298 e. The Kier molecular flexibility index (Phi) is 3.92. The molecule has 1 aromatic carbocycles. The van der Waals surface area contributed by atoms with Gasteiger partial charge in [-0.15, -0.1) is 11.3 Å². The van der Waals surface area contributed by atoms with Crippen molar-refractivity contribution < 1.29 is 0 Å². The van der Waals surface area contributed by atoms with Crippen LogP contribution in [0.15, 0.2) is 35.7 Å². The molecule has 1 aromatic heterocycles. The zero-order valence-electron chi connectivity index (χ0n) is 11.1. The molecule has 100 valence electrons. The summed E-state index contributed by atoms with van der Waals surface area (Å²) in [6, 6.07) is 10.8. The van der Waals surface area contributed by atoms with E-state index in [0.717, 1.165) is 18.1 Å². The van der Waals surface area contributed by atoms with Crippen LogP contribution >= 0.6 is 22.9 Å². The Balaban J connectivity index is 1.65. The van der Waals surface area contributed by atoms with Gasteiger partial charge in [-0.1, -0.05) is 29.8 Å². The predicted molar refractivity (Wildman–Crippen MR) is 83.1 cm³/mol. The SMILES string of the molecule is Cc1ccc(CN2CCC(c3cccs3)C2)c(Cl)c1. The van der Waals surface area contributed by atoms with Crippen molar-refractivity contribution >= 4 is 22.9 Å². The third-order valence-corrected chi connectivity index (χ3v) is 5.21. The number of aryl methyl sites for hydroxylation is 1. The summed E-state index contributed by atoms with van der Waals surface area (Å²) >= 11 is 8.20. The predicted octanol–water partition coefficient (Wildman–Crippen LogP) is 4.70. The molecule has 19 heavy (non-hydrogen) atoms. The largest absolute Gasteiger partial charge is 0.298 e. The van der Waals surface area contributed by atoms with E-state index in [1.165, 1.54) is 29.0 Å². The molecule has 0 bridgehead atoms. The Morgan fingerprint density at radius 1 is 1.37 bits per heavy atom. The lowest BCUT2D eigenvalue weighted by Crippen LogP contribution is -2.19. The lowest BCUT2D eigenvalue weighted by Gasteiger charge is -2.17. The molecule has 2 aromatic rings. The van der Waals surface area contributed by atoms with Crippen LogP contribution in [0.2, 0.25) is 5.02 Å². The van der Waals surface area contributed by atoms with Gasteiger partial charge in [-0.05, 0) is 48.5 Å². The van der Waals surface area contributed by atoms with Gasteiger partial charge in [-0.25, -0.2) is 0 Å². The van der Waals surface area contributed by atoms with Crippen molar-refractivity contribution in [1.29, 1.82) is 0 Å². The van der Waals surface area contributed by atoms with Crippen LogP contribution in [0.4, 0.5) is 0 Å². The van der Waals surface area contributed by atoms with E-state index in [1.54, 1.807) is 0 Å². The maximum absolute atomic E-state index is 6.32. The van der Waals surface area contributed by atoms with Crippen LogP contribution in [-0.2, 0) is 6.54 Å². The average Bonchev–Trinajstić information content (AvgIpc) is 3.03. The van der Waals surface area contributed by atoms with Gasteiger partial charge in [0.15, 0.2) is 0 Å². The molecule has 2 heterocycles. The Hall–Kier alpha value is -0.830. The highest BCUT2D eigenvalue weighted by molar-refractivity contribution is 7.10. The molecule has 3 rings (SSSR count). The van der Waals surface area contributed by atoms with Crippen molar-refractivity contribution in [1.82, 2.24) is 4.90 Å². The molecule has 0 radical (unpaired) electrons. The maximum atomic E-state index is 6.32. The molecule has 0 N–H and O–H groups in total. The molecule has 0 aliphatic carbocycles. The highest BCUT2D eigenvalue weighted by atomic mass is 35.5. The van der Waals surface area contributed by atoms with Gasteiger partial charge in [-0.2, -0.15) is 0 Å². The fourth-order valence-electron chi connectivity index (χ4n) is 2.75. The quantitative estimate of drug-likeness (QED) is 0.792. The van der Waals surface area contributed by atoms with E-state index in [4.69, 9.17) is 11.6 Å². The normalized spacial score (nSPS) is 20.0. The molecule has 0 spiro atoms. The molecule has 1 fully saturated rings. The highest BCUT2D eigenvalue weighted by Crippen LogP contribution is 2.31. The van der Waals surface area contributed by atoms with Crippen LogP contribution in [0.25, 0.3) is 0 Å². The lowest BCUT2D eigenvalue weighted by atomic mass is 10.1. The number of thiophene rings is 1. The molecule has 1 aliphatic rings. The number of nitrogens with zero attached hydrogens (tertiary/aromatic N) is 1. The van der Waals surface area contributed by atoms with Crippen LogP contribution < -0.4 is 0 Å². The lowest BCUT2D eigenvalue weighted by molar-refractivity contribution is 0.327. The first kappa shape index (κ1) is 13.2. The van der Waals surface area contributed by atoms with Crippen LogP contribution in [0.3, 0.4) is 0 Å². The van der Waals surface area contributed by atoms with E-state index in [9.17, 15) is 0 Å². The monoisotopic (exact) mass is 291 g/mol. The van der Waals surface area contributed by atoms with E-state index in [1.807, 2.05) is 11.3 Å². The Labute approximate surface area is 123 Å². The standard InChI is InChI=1S/C16H18ClNS/c1-12-4-5-13(15(17)9-12)10-18-7-6-14(11-18)16-3-2-8-19-16/h2-5,8-9,14H,6-7,10-11H2,1H3. The molecule has 3 heteroatoms. The van der Waals surface area contributed by atoms with Gasteiger partial charge >= 0.3 is 0 Å². The molecular formula is C16H18ClNS. The minimum absolute atomic E-state index is 0.712. The van der Waals surface area contributed by atoms with Crippen molar-refractivity contribution in [2.45, 2.75) is 25.8 Å². The molecule has 1 saturated heterocycles. The molecular weight excluding hydrogens is 274 g/mol. The maximum Gasteiger partial charge on any atom is 0.0453 e. The summed E-state index contributed by atoms with van der Waals surface area (Å²) in [4.78, 5) is 4.04. The van der Waals surface area contributed by atoms with E-state index in [-0.39, 0.29) is 0 Å². The number of benzene rings is 1.